The summed E-state index contributed by atoms with van der Waals surface area (Å²) >= 11 is 0. The smallest absolute Gasteiger partial charge is 1.00 e. The summed E-state index contributed by atoms with van der Waals surface area (Å²) in [5.41, 5.74) is 0. The number of nitrogens with one attached hydrogen (secondary N) is 1. The van der Waals surface area contributed by atoms with E-state index in [2.05, 4.69) is 5.32 Å². The summed E-state index contributed by atoms with van der Waals surface area (Å²) in [6.07, 6.45) is 0. The molecule has 2 N–H and O–H groups in total. The zero-order valence-corrected chi connectivity index (χ0v) is 7.67. The Bertz CT molecular complexity index is 63.8. The first-order valence-electron chi connectivity index (χ1n) is 1.63. The van der Waals surface area contributed by atoms with E-state index in [4.69, 9.17) is 5.11 Å². The maximum atomic E-state index is 9.54. The number of hydrogen-bond donors (Lipinski definition) is 2. The molecule has 0 unspecified atom stereocenters. The number of carboxylic acids is 1. The Morgan fingerprint density at radius 3 is 1.89 bits per heavy atom. The van der Waals surface area contributed by atoms with E-state index in [1.807, 2.05) is 0 Å². The molecular formula is C3H7F2NO2Sn. The van der Waals surface area contributed by atoms with Gasteiger partial charge in [-0.1, -0.05) is 0 Å². The molecule has 0 aliphatic heterocycles. The Hall–Kier alpha value is 0.0887. The van der Waals surface area contributed by atoms with Gasteiger partial charge in [-0.25, -0.2) is 0 Å². The van der Waals surface area contributed by atoms with Gasteiger partial charge in [-0.15, -0.1) is 0 Å². The molecule has 0 saturated heterocycles. The van der Waals surface area contributed by atoms with Crippen molar-refractivity contribution < 1.29 is 19.3 Å². The first kappa shape index (κ1) is 23.0. The maximum Gasteiger partial charge on any atom is 2.00 e. The quantitative estimate of drug-likeness (QED) is 0.476. The molecule has 0 aromatic rings. The first-order chi connectivity index (χ1) is 2.77. The van der Waals surface area contributed by atoms with Crippen LogP contribution in [0.2, 0.25) is 0 Å². The molecule has 0 aromatic carbocycles. The van der Waals surface area contributed by atoms with Gasteiger partial charge in [-0.05, 0) is 7.05 Å². The Kier molecular flexibility index (Phi) is 40.0. The molecule has 0 atom stereocenters. The van der Waals surface area contributed by atoms with Crippen LogP contribution in [0.5, 0.6) is 0 Å². The average molecular weight is 246 g/mol. The Labute approximate surface area is 68.5 Å². The molecule has 0 heterocycles. The summed E-state index contributed by atoms with van der Waals surface area (Å²) in [5, 5.41) is 10.3. The van der Waals surface area contributed by atoms with Crippen LogP contribution in [0.3, 0.4) is 0 Å². The van der Waals surface area contributed by atoms with Crippen molar-refractivity contribution >= 4 is 29.9 Å². The standard InChI is InChI=1S/C3H7NO2.2FH.Sn/c1-4-2-3(5)6;;;/h4H,2H2,1H3,(H,5,6);2*1H;/q;;;+2/p-2. The molecule has 0 aliphatic rings. The normalized spacial score (nSPS) is 5.44. The summed E-state index contributed by atoms with van der Waals surface area (Å²) in [5.74, 6) is -0.822. The second kappa shape index (κ2) is 15.7. The summed E-state index contributed by atoms with van der Waals surface area (Å²) in [7, 11) is 1.59. The van der Waals surface area contributed by atoms with Crippen LogP contribution in [0.15, 0.2) is 0 Å². The third-order valence-corrected chi connectivity index (χ3v) is 0.328. The van der Waals surface area contributed by atoms with Crippen LogP contribution in [0.1, 0.15) is 0 Å². The van der Waals surface area contributed by atoms with E-state index < -0.39 is 5.97 Å². The second-order valence-electron chi connectivity index (χ2n) is 0.924. The van der Waals surface area contributed by atoms with Crippen LogP contribution >= 0.6 is 0 Å². The van der Waals surface area contributed by atoms with Gasteiger partial charge in [0.05, 0.1) is 6.54 Å². The van der Waals surface area contributed by atoms with E-state index in [0.29, 0.717) is 0 Å². The summed E-state index contributed by atoms with van der Waals surface area (Å²) in [6.45, 7) is 0.0417. The third-order valence-electron chi connectivity index (χ3n) is 0.328. The zero-order chi connectivity index (χ0) is 4.99. The third kappa shape index (κ3) is 31.4. The molecule has 0 spiro atoms. The van der Waals surface area contributed by atoms with Crippen molar-refractivity contribution in [2.24, 2.45) is 0 Å². The van der Waals surface area contributed by atoms with Crippen LogP contribution in [0.4, 0.5) is 0 Å². The van der Waals surface area contributed by atoms with Crippen molar-refractivity contribution in [3.63, 3.8) is 0 Å². The number of hydrogen-bond acceptors (Lipinski definition) is 2. The molecule has 6 heteroatoms. The minimum absolute atomic E-state index is 0. The predicted molar refractivity (Wildman–Crippen MR) is 27.3 cm³/mol. The van der Waals surface area contributed by atoms with Gasteiger partial charge >= 0.3 is 29.9 Å². The Morgan fingerprint density at radius 2 is 1.89 bits per heavy atom. The number of likely N-dealkylation sites (N-methyl/N-ethyl adjacent to an activating group) is 1. The predicted octanol–water partition coefficient (Wildman–Crippen LogP) is -7.08. The van der Waals surface area contributed by atoms with Gasteiger partial charge in [-0.2, -0.15) is 0 Å². The van der Waals surface area contributed by atoms with Crippen LogP contribution in [0.25, 0.3) is 0 Å². The van der Waals surface area contributed by atoms with Crippen molar-refractivity contribution in [2.75, 3.05) is 13.6 Å². The van der Waals surface area contributed by atoms with E-state index in [0.717, 1.165) is 0 Å². The van der Waals surface area contributed by atoms with Crippen molar-refractivity contribution in [1.29, 1.82) is 0 Å². The van der Waals surface area contributed by atoms with Gasteiger partial charge < -0.3 is 19.8 Å². The maximum absolute atomic E-state index is 9.54. The molecule has 0 aliphatic carbocycles. The molecule has 9 heavy (non-hydrogen) atoms. The number of rotatable bonds is 2. The largest absolute Gasteiger partial charge is 2.00 e. The van der Waals surface area contributed by atoms with Crippen LogP contribution in [-0.2, 0) is 4.79 Å². The zero-order valence-electron chi connectivity index (χ0n) is 4.82. The minimum Gasteiger partial charge on any atom is -1.00 e. The number of carboxylic acid groups (broad SMARTS) is 1. The van der Waals surface area contributed by atoms with Crippen molar-refractivity contribution in [1.82, 2.24) is 5.32 Å². The molecular weight excluding hydrogens is 239 g/mol. The summed E-state index contributed by atoms with van der Waals surface area (Å²) in [4.78, 5) is 9.54. The van der Waals surface area contributed by atoms with E-state index in [1.165, 1.54) is 0 Å². The van der Waals surface area contributed by atoms with Crippen molar-refractivity contribution in [3.8, 4) is 0 Å². The minimum atomic E-state index is -0.822. The molecule has 0 rings (SSSR count). The van der Waals surface area contributed by atoms with Gasteiger partial charge in [0.2, 0.25) is 0 Å². The van der Waals surface area contributed by atoms with Crippen LogP contribution in [0, 0.1) is 0 Å². The van der Waals surface area contributed by atoms with E-state index in [9.17, 15) is 4.79 Å². The van der Waals surface area contributed by atoms with Crippen LogP contribution in [-0.4, -0.2) is 48.6 Å². The molecule has 0 saturated carbocycles. The summed E-state index contributed by atoms with van der Waals surface area (Å²) in [6, 6.07) is 0. The van der Waals surface area contributed by atoms with E-state index in [1.54, 1.807) is 7.05 Å². The Balaban J connectivity index is -0.0000000417. The molecule has 54 valence electrons. The van der Waals surface area contributed by atoms with Gasteiger partial charge in [0.1, 0.15) is 0 Å². The second-order valence-corrected chi connectivity index (χ2v) is 0.924. The first-order valence-corrected chi connectivity index (χ1v) is 1.63. The SMILES string of the molecule is CNCC(=O)O.[F-].[F-].[Sn+2]. The van der Waals surface area contributed by atoms with Gasteiger partial charge in [0.15, 0.2) is 0 Å². The topological polar surface area (TPSA) is 49.3 Å². The molecule has 0 amide bonds. The monoisotopic (exact) mass is 247 g/mol. The van der Waals surface area contributed by atoms with Crippen molar-refractivity contribution in [2.45, 2.75) is 0 Å². The number of carbonyl (C=O) groups is 1. The van der Waals surface area contributed by atoms with Gasteiger partial charge in [-0.3, -0.25) is 4.79 Å². The van der Waals surface area contributed by atoms with Gasteiger partial charge in [0.25, 0.3) is 0 Å². The molecule has 3 nitrogen and oxygen atoms in total. The van der Waals surface area contributed by atoms with E-state index >= 15 is 0 Å². The molecule has 2 radical (unpaired) electrons. The van der Waals surface area contributed by atoms with Gasteiger partial charge in [0, 0.05) is 0 Å². The Morgan fingerprint density at radius 1 is 1.56 bits per heavy atom. The fourth-order valence-electron chi connectivity index (χ4n) is 0.151. The van der Waals surface area contributed by atoms with E-state index in [-0.39, 0.29) is 39.9 Å². The molecule has 0 bridgehead atoms. The number of halogens is 2. The fourth-order valence-corrected chi connectivity index (χ4v) is 0.151. The van der Waals surface area contributed by atoms with Crippen LogP contribution < -0.4 is 14.7 Å². The molecule has 0 fully saturated rings. The van der Waals surface area contributed by atoms with Crippen molar-refractivity contribution in [3.05, 3.63) is 0 Å². The molecule has 0 aromatic heterocycles. The average Bonchev–Trinajstić information content (AvgIpc) is 1.35. The fraction of sp³-hybridized carbons (Fsp3) is 0.667. The number of aliphatic carboxylic acids is 1. The summed E-state index contributed by atoms with van der Waals surface area (Å²) < 4.78 is 0.